The molecule has 19 nitrogen and oxygen atoms in total. The molecule has 0 saturated carbocycles. The van der Waals surface area contributed by atoms with Crippen molar-refractivity contribution in [3.63, 3.8) is 0 Å². The minimum absolute atomic E-state index is 0.0655. The molecule has 250 valence electrons. The number of aromatic nitrogens is 7. The number of aromatic amines is 1. The van der Waals surface area contributed by atoms with Gasteiger partial charge in [-0.05, 0) is 0 Å². The number of fused-ring (bicyclic) bond motifs is 2. The molecule has 6 heterocycles. The average Bonchev–Trinajstić information content (AvgIpc) is 3.71. The number of rotatable bonds is 10. The van der Waals surface area contributed by atoms with Crippen molar-refractivity contribution in [2.75, 3.05) is 24.7 Å². The number of hydrogen-bond acceptors (Lipinski definition) is 16. The van der Waals surface area contributed by atoms with E-state index in [0.717, 1.165) is 4.57 Å². The number of imidazole rings is 1. The normalized spacial score (nSPS) is 29.4. The number of thiol groups is 2. The third-order valence-corrected chi connectivity index (χ3v) is 10.7. The van der Waals surface area contributed by atoms with Crippen molar-refractivity contribution in [1.82, 2.24) is 34.1 Å². The topological polar surface area (TPSA) is 264 Å². The Balaban J connectivity index is 1.20. The molecule has 0 aromatic carbocycles. The van der Waals surface area contributed by atoms with Gasteiger partial charge in [0, 0.05) is 12.3 Å². The van der Waals surface area contributed by atoms with E-state index >= 15 is 4.39 Å². The second kappa shape index (κ2) is 12.5. The Hall–Kier alpha value is -2.43. The Labute approximate surface area is 271 Å². The van der Waals surface area contributed by atoms with Crippen molar-refractivity contribution in [2.45, 2.75) is 50.3 Å². The Bertz CT molecular complexity index is 2000. The number of nitrogens with two attached hydrogens (primary N) is 2. The van der Waals surface area contributed by atoms with Gasteiger partial charge in [0.2, 0.25) is 5.95 Å². The maximum atomic E-state index is 15.4. The fourth-order valence-electron chi connectivity index (χ4n) is 5.17. The Morgan fingerprint density at radius 3 is 2.65 bits per heavy atom. The van der Waals surface area contributed by atoms with Crippen molar-refractivity contribution >= 4 is 82.7 Å². The molecule has 4 aromatic heterocycles. The highest BCUT2D eigenvalue weighted by Gasteiger charge is 2.47. The predicted octanol–water partition coefficient (Wildman–Crippen LogP) is 1.80. The molecule has 2 fully saturated rings. The fourth-order valence-corrected chi connectivity index (χ4v) is 8.07. The van der Waals surface area contributed by atoms with Crippen LogP contribution in [0.3, 0.4) is 0 Å². The Kier molecular flexibility index (Phi) is 9.13. The zero-order valence-corrected chi connectivity index (χ0v) is 27.7. The van der Waals surface area contributed by atoms with Crippen molar-refractivity contribution in [3.05, 3.63) is 32.7 Å². The summed E-state index contributed by atoms with van der Waals surface area (Å²) in [6, 6.07) is 0. The zero-order valence-electron chi connectivity index (χ0n) is 23.4. The van der Waals surface area contributed by atoms with E-state index in [-0.39, 0.29) is 39.7 Å². The van der Waals surface area contributed by atoms with Gasteiger partial charge >= 0.3 is 18.5 Å². The summed E-state index contributed by atoms with van der Waals surface area (Å²) >= 11 is 8.11. The summed E-state index contributed by atoms with van der Waals surface area (Å²) < 4.78 is 70.7. The summed E-state index contributed by atoms with van der Waals surface area (Å²) in [6.45, 7) is -7.84. The van der Waals surface area contributed by atoms with Crippen molar-refractivity contribution in [3.8, 4) is 0 Å². The smallest absolute Gasteiger partial charge is 0.382 e. The van der Waals surface area contributed by atoms with E-state index in [0.29, 0.717) is 11.3 Å². The summed E-state index contributed by atoms with van der Waals surface area (Å²) in [5.74, 6) is -0.922. The first-order chi connectivity index (χ1) is 21.6. The number of nitrogen functional groups attached to an aromatic ring is 2. The van der Waals surface area contributed by atoms with Gasteiger partial charge in [0.25, 0.3) is 5.56 Å². The van der Waals surface area contributed by atoms with Crippen LogP contribution in [0.5, 0.6) is 0 Å². The summed E-state index contributed by atoms with van der Waals surface area (Å²) in [5.41, 5.74) is 11.2. The van der Waals surface area contributed by atoms with Gasteiger partial charge in [-0.2, -0.15) is 4.98 Å². The fraction of sp³-hybridized carbons (Fsp3) is 0.524. The van der Waals surface area contributed by atoms with E-state index < -0.39 is 80.1 Å². The lowest BCUT2D eigenvalue weighted by molar-refractivity contribution is -0.0486. The molecule has 25 heteroatoms. The number of H-pyrrole nitrogens is 1. The maximum absolute atomic E-state index is 15.4. The molecule has 1 unspecified atom stereocenters. The standard InChI is InChI=1S/C21H26FN9O10P2S3/c1-7-10(40-19(11(7)22)30-6-27-12-14(23)25-5-26-15(12)30)4-38-43(36,45)41-9-2-8(3-37-42(34,35)44)39-18(9)31-16-13(46-21(31)33)17(32)29-20(24)28-16/h5-11,18-19H,2-4H2,1H3,(H,36,45)(H2,23,25,26)(H2,34,35,44)(H3,24,28,29,32)/t7-,8-,9+,10+,11+,18+,19+,43+/m0/s1. The molecule has 0 spiro atoms. The minimum atomic E-state index is -4.31. The van der Waals surface area contributed by atoms with E-state index in [2.05, 4.69) is 49.4 Å². The minimum Gasteiger partial charge on any atom is -0.382 e. The highest BCUT2D eigenvalue weighted by molar-refractivity contribution is 8.44. The molecular formula is C21H26FN9O10P2S3. The quantitative estimate of drug-likeness (QED) is 0.0999. The molecule has 4 aromatic rings. The first-order valence-corrected chi connectivity index (χ1v) is 19.5. The lowest BCUT2D eigenvalue weighted by atomic mass is 10.0. The van der Waals surface area contributed by atoms with Crippen LogP contribution in [0.2, 0.25) is 0 Å². The summed E-state index contributed by atoms with van der Waals surface area (Å²) in [4.78, 5) is 52.6. The molecule has 2 aliphatic rings. The molecule has 6 rings (SSSR count). The molecule has 0 aliphatic carbocycles. The molecular weight excluding hydrogens is 715 g/mol. The van der Waals surface area contributed by atoms with Gasteiger partial charge in [-0.1, -0.05) is 42.8 Å². The van der Waals surface area contributed by atoms with E-state index in [9.17, 15) is 23.6 Å². The summed E-state index contributed by atoms with van der Waals surface area (Å²) in [7, 11) is 0. The van der Waals surface area contributed by atoms with Crippen LogP contribution in [0.15, 0.2) is 22.2 Å². The van der Waals surface area contributed by atoms with Crippen LogP contribution >= 0.6 is 49.4 Å². The van der Waals surface area contributed by atoms with E-state index in [1.165, 1.54) is 17.2 Å². The van der Waals surface area contributed by atoms with Gasteiger partial charge in [0.05, 0.1) is 31.7 Å². The first-order valence-electron chi connectivity index (χ1n) is 13.3. The molecule has 46 heavy (non-hydrogen) atoms. The van der Waals surface area contributed by atoms with Gasteiger partial charge in [0.15, 0.2) is 35.7 Å². The third kappa shape index (κ3) is 6.63. The molecule has 0 radical (unpaired) electrons. The SMILES string of the molecule is C[C@@H]1[C@@H](F)[C@H](n2cnc3c(N)ncnc32)O[C@@H]1CO[P@@](=O)(S)O[C@@H]1C[C@@H](COP(=O)(O)S)O[C@H]1n1c(=O)sc2c(=O)[nH]c(N)nc21. The van der Waals surface area contributed by atoms with E-state index in [4.69, 9.17) is 34.5 Å². The van der Waals surface area contributed by atoms with Crippen LogP contribution in [0, 0.1) is 5.92 Å². The number of alkyl halides is 1. The second-order valence-electron chi connectivity index (χ2n) is 10.4. The Morgan fingerprint density at radius 1 is 1.15 bits per heavy atom. The van der Waals surface area contributed by atoms with Crippen LogP contribution < -0.4 is 21.9 Å². The van der Waals surface area contributed by atoms with Gasteiger partial charge in [-0.3, -0.25) is 37.3 Å². The number of nitrogens with one attached hydrogen (secondary N) is 1. The van der Waals surface area contributed by atoms with E-state index in [1.807, 2.05) is 0 Å². The highest BCUT2D eigenvalue weighted by Crippen LogP contribution is 2.57. The highest BCUT2D eigenvalue weighted by atomic mass is 32.7. The second-order valence-corrected chi connectivity index (χ2v) is 17.0. The van der Waals surface area contributed by atoms with Gasteiger partial charge in [-0.25, -0.2) is 28.5 Å². The van der Waals surface area contributed by atoms with Crippen LogP contribution in [-0.4, -0.2) is 76.6 Å². The van der Waals surface area contributed by atoms with Crippen LogP contribution in [0.4, 0.5) is 16.2 Å². The molecule has 0 amide bonds. The third-order valence-electron chi connectivity index (χ3n) is 7.33. The van der Waals surface area contributed by atoms with Crippen LogP contribution in [-0.2, 0) is 32.2 Å². The zero-order chi connectivity index (χ0) is 33.1. The molecule has 6 N–H and O–H groups in total. The first kappa shape index (κ1) is 33.5. The van der Waals surface area contributed by atoms with Crippen LogP contribution in [0.25, 0.3) is 21.5 Å². The van der Waals surface area contributed by atoms with Crippen molar-refractivity contribution < 1.29 is 41.5 Å². The van der Waals surface area contributed by atoms with Gasteiger partial charge in [-0.15, -0.1) is 0 Å². The predicted molar refractivity (Wildman–Crippen MR) is 167 cm³/mol. The van der Waals surface area contributed by atoms with Gasteiger partial charge < -0.3 is 25.8 Å². The monoisotopic (exact) mass is 741 g/mol. The molecule has 2 aliphatic heterocycles. The lowest BCUT2D eigenvalue weighted by Crippen LogP contribution is -2.29. The van der Waals surface area contributed by atoms with Crippen molar-refractivity contribution in [2.24, 2.45) is 5.92 Å². The number of thiazole rings is 1. The van der Waals surface area contributed by atoms with Crippen LogP contribution in [0.1, 0.15) is 25.8 Å². The lowest BCUT2D eigenvalue weighted by Gasteiger charge is -2.24. The van der Waals surface area contributed by atoms with Crippen molar-refractivity contribution in [1.29, 1.82) is 0 Å². The number of hydrogen-bond donors (Lipinski definition) is 6. The number of halogens is 1. The average molecular weight is 742 g/mol. The number of nitrogens with zero attached hydrogens (tertiary/aromatic N) is 6. The maximum Gasteiger partial charge on any atom is 0.386 e. The van der Waals surface area contributed by atoms with E-state index in [1.54, 1.807) is 6.92 Å². The molecule has 0 bridgehead atoms. The Morgan fingerprint density at radius 2 is 1.91 bits per heavy atom. The largest absolute Gasteiger partial charge is 0.386 e. The molecule has 9 atom stereocenters. The van der Waals surface area contributed by atoms with Gasteiger partial charge in [0.1, 0.15) is 22.6 Å². The number of anilines is 2. The summed E-state index contributed by atoms with van der Waals surface area (Å²) in [5, 5.41) is 0. The molecule has 2 saturated heterocycles. The summed E-state index contributed by atoms with van der Waals surface area (Å²) in [6.07, 6.45) is -4.84. The number of ether oxygens (including phenoxy) is 2.